The average molecular weight is 320 g/mol. The van der Waals surface area contributed by atoms with E-state index in [4.69, 9.17) is 32.2 Å². The molecule has 0 spiro atoms. The molecular formula is C16H14ClNO4. The molecule has 0 amide bonds. The van der Waals surface area contributed by atoms with Crippen molar-refractivity contribution in [2.45, 2.75) is 0 Å². The van der Waals surface area contributed by atoms with Gasteiger partial charge in [0.1, 0.15) is 24.5 Å². The smallest absolute Gasteiger partial charge is 0.344 e. The molecule has 0 fully saturated rings. The zero-order valence-corrected chi connectivity index (χ0v) is 12.5. The number of halogens is 1. The third-order valence-electron chi connectivity index (χ3n) is 2.70. The van der Waals surface area contributed by atoms with E-state index < -0.39 is 5.97 Å². The van der Waals surface area contributed by atoms with E-state index in [0.29, 0.717) is 16.3 Å². The van der Waals surface area contributed by atoms with Crippen LogP contribution >= 0.6 is 11.6 Å². The number of carbonyl (C=O) groups excluding carboxylic acids is 1. The number of ether oxygens (including phenoxy) is 3. The number of benzene rings is 1. The van der Waals surface area contributed by atoms with Gasteiger partial charge in [-0.15, -0.1) is 6.42 Å². The number of rotatable bonds is 7. The highest BCUT2D eigenvalue weighted by atomic mass is 35.5. The first-order chi connectivity index (χ1) is 10.7. The number of aromatic nitrogens is 1. The number of hydrogen-bond acceptors (Lipinski definition) is 5. The molecule has 2 aromatic rings. The van der Waals surface area contributed by atoms with Crippen molar-refractivity contribution in [3.63, 3.8) is 0 Å². The second-order valence-electron chi connectivity index (χ2n) is 4.21. The van der Waals surface area contributed by atoms with Gasteiger partial charge in [0.05, 0.1) is 11.6 Å². The van der Waals surface area contributed by atoms with Crippen LogP contribution in [-0.4, -0.2) is 37.4 Å². The van der Waals surface area contributed by atoms with E-state index in [2.05, 4.69) is 10.9 Å². The van der Waals surface area contributed by atoms with Gasteiger partial charge in [-0.25, -0.2) is 4.79 Å². The molecule has 2 rings (SSSR count). The van der Waals surface area contributed by atoms with Crippen molar-refractivity contribution < 1.29 is 19.0 Å². The summed E-state index contributed by atoms with van der Waals surface area (Å²) in [6.45, 7) is 0.351. The number of nitrogens with zero attached hydrogens (tertiary/aromatic N) is 1. The SMILES string of the molecule is C#CCOCCOC(=O)COc1ccc(Cl)c2cccnc12. The maximum absolute atomic E-state index is 11.6. The molecule has 0 aliphatic rings. The Morgan fingerprint density at radius 1 is 1.32 bits per heavy atom. The van der Waals surface area contributed by atoms with Crippen LogP contribution in [0.15, 0.2) is 30.5 Å². The van der Waals surface area contributed by atoms with Crippen LogP contribution in [0.3, 0.4) is 0 Å². The molecular weight excluding hydrogens is 306 g/mol. The molecule has 1 aromatic heterocycles. The van der Waals surface area contributed by atoms with Crippen LogP contribution in [0.5, 0.6) is 5.75 Å². The summed E-state index contributed by atoms with van der Waals surface area (Å²) in [5.41, 5.74) is 0.597. The minimum atomic E-state index is -0.497. The van der Waals surface area contributed by atoms with E-state index in [1.54, 1.807) is 24.4 Å². The van der Waals surface area contributed by atoms with Crippen LogP contribution in [-0.2, 0) is 14.3 Å². The van der Waals surface area contributed by atoms with Crippen LogP contribution in [0.1, 0.15) is 0 Å². The molecule has 0 atom stereocenters. The van der Waals surface area contributed by atoms with Gasteiger partial charge >= 0.3 is 5.97 Å². The van der Waals surface area contributed by atoms with E-state index in [-0.39, 0.29) is 26.4 Å². The highest BCUT2D eigenvalue weighted by Gasteiger charge is 2.09. The monoisotopic (exact) mass is 319 g/mol. The summed E-state index contributed by atoms with van der Waals surface area (Å²) in [6, 6.07) is 6.97. The molecule has 0 aliphatic heterocycles. The quantitative estimate of drug-likeness (QED) is 0.446. The van der Waals surface area contributed by atoms with Gasteiger partial charge in [-0.1, -0.05) is 17.5 Å². The van der Waals surface area contributed by atoms with E-state index >= 15 is 0 Å². The second-order valence-corrected chi connectivity index (χ2v) is 4.62. The summed E-state index contributed by atoms with van der Waals surface area (Å²) in [6.07, 6.45) is 6.65. The fraction of sp³-hybridized carbons (Fsp3) is 0.250. The summed E-state index contributed by atoms with van der Waals surface area (Å²) in [5.74, 6) is 2.29. The highest BCUT2D eigenvalue weighted by Crippen LogP contribution is 2.29. The zero-order valence-electron chi connectivity index (χ0n) is 11.8. The molecule has 114 valence electrons. The lowest BCUT2D eigenvalue weighted by atomic mass is 10.2. The number of fused-ring (bicyclic) bond motifs is 1. The van der Waals surface area contributed by atoms with Crippen LogP contribution in [0.2, 0.25) is 5.02 Å². The molecule has 0 unspecified atom stereocenters. The predicted molar refractivity (Wildman–Crippen MR) is 82.9 cm³/mol. The first-order valence-corrected chi connectivity index (χ1v) is 6.93. The first-order valence-electron chi connectivity index (χ1n) is 6.55. The molecule has 0 bridgehead atoms. The largest absolute Gasteiger partial charge is 0.480 e. The van der Waals surface area contributed by atoms with Gasteiger partial charge in [0.15, 0.2) is 6.61 Å². The molecule has 1 heterocycles. The Morgan fingerprint density at radius 3 is 3.00 bits per heavy atom. The van der Waals surface area contributed by atoms with Gasteiger partial charge in [0.25, 0.3) is 0 Å². The molecule has 6 heteroatoms. The van der Waals surface area contributed by atoms with Gasteiger partial charge < -0.3 is 14.2 Å². The Hall–Kier alpha value is -2.29. The highest BCUT2D eigenvalue weighted by molar-refractivity contribution is 6.35. The van der Waals surface area contributed by atoms with Crippen molar-refractivity contribution in [1.82, 2.24) is 4.98 Å². The lowest BCUT2D eigenvalue weighted by molar-refractivity contribution is -0.147. The van der Waals surface area contributed by atoms with Gasteiger partial charge in [-0.3, -0.25) is 4.98 Å². The molecule has 5 nitrogen and oxygen atoms in total. The van der Waals surface area contributed by atoms with Crippen molar-refractivity contribution >= 4 is 28.5 Å². The first kappa shape index (κ1) is 16.1. The number of pyridine rings is 1. The summed E-state index contributed by atoms with van der Waals surface area (Å²) in [5, 5.41) is 1.33. The molecule has 22 heavy (non-hydrogen) atoms. The molecule has 0 aliphatic carbocycles. The van der Waals surface area contributed by atoms with Crippen LogP contribution < -0.4 is 4.74 Å². The molecule has 0 saturated carbocycles. The van der Waals surface area contributed by atoms with Gasteiger partial charge in [0, 0.05) is 11.6 Å². The third kappa shape index (κ3) is 4.35. The number of hydrogen-bond donors (Lipinski definition) is 0. The van der Waals surface area contributed by atoms with Crippen molar-refractivity contribution in [2.24, 2.45) is 0 Å². The summed E-state index contributed by atoms with van der Waals surface area (Å²) in [4.78, 5) is 15.8. The summed E-state index contributed by atoms with van der Waals surface area (Å²) >= 11 is 6.09. The second kappa shape index (κ2) is 8.23. The Bertz CT molecular complexity index is 696. The number of esters is 1. The lowest BCUT2D eigenvalue weighted by Crippen LogP contribution is -2.17. The van der Waals surface area contributed by atoms with Crippen LogP contribution in [0.4, 0.5) is 0 Å². The topological polar surface area (TPSA) is 57.7 Å². The Labute approximate surface area is 133 Å². The fourth-order valence-electron chi connectivity index (χ4n) is 1.75. The van der Waals surface area contributed by atoms with E-state index in [9.17, 15) is 4.79 Å². The molecule has 0 radical (unpaired) electrons. The summed E-state index contributed by atoms with van der Waals surface area (Å²) in [7, 11) is 0. The summed E-state index contributed by atoms with van der Waals surface area (Å²) < 4.78 is 15.4. The van der Waals surface area contributed by atoms with Gasteiger partial charge in [0.2, 0.25) is 0 Å². The molecule has 1 aromatic carbocycles. The van der Waals surface area contributed by atoms with Crippen molar-refractivity contribution in [1.29, 1.82) is 0 Å². The minimum absolute atomic E-state index is 0.128. The molecule has 0 saturated heterocycles. The van der Waals surface area contributed by atoms with Crippen LogP contribution in [0.25, 0.3) is 10.9 Å². The average Bonchev–Trinajstić information content (AvgIpc) is 2.54. The normalized spacial score (nSPS) is 10.2. The maximum atomic E-state index is 11.6. The van der Waals surface area contributed by atoms with Gasteiger partial charge in [-0.2, -0.15) is 0 Å². The standard InChI is InChI=1S/C16H14ClNO4/c1-2-8-20-9-10-21-15(19)11-22-14-6-5-13(17)12-4-3-7-18-16(12)14/h1,3-7H,8-11H2. The number of carbonyl (C=O) groups is 1. The Kier molecular flexibility index (Phi) is 6.01. The Balaban J connectivity index is 1.88. The lowest BCUT2D eigenvalue weighted by Gasteiger charge is -2.09. The zero-order chi connectivity index (χ0) is 15.8. The van der Waals surface area contributed by atoms with E-state index in [1.807, 2.05) is 6.07 Å². The number of terminal acetylenes is 1. The van der Waals surface area contributed by atoms with Crippen molar-refractivity contribution in [2.75, 3.05) is 26.4 Å². The minimum Gasteiger partial charge on any atom is -0.480 e. The van der Waals surface area contributed by atoms with Crippen molar-refractivity contribution in [3.8, 4) is 18.1 Å². The predicted octanol–water partition coefficient (Wildman–Crippen LogP) is 2.46. The fourth-order valence-corrected chi connectivity index (χ4v) is 1.97. The van der Waals surface area contributed by atoms with Crippen LogP contribution in [0, 0.1) is 12.3 Å². The van der Waals surface area contributed by atoms with E-state index in [1.165, 1.54) is 0 Å². The van der Waals surface area contributed by atoms with E-state index in [0.717, 1.165) is 5.39 Å². The molecule has 0 N–H and O–H groups in total. The Morgan fingerprint density at radius 2 is 2.18 bits per heavy atom. The van der Waals surface area contributed by atoms with Gasteiger partial charge in [-0.05, 0) is 24.3 Å². The third-order valence-corrected chi connectivity index (χ3v) is 3.03. The maximum Gasteiger partial charge on any atom is 0.344 e. The van der Waals surface area contributed by atoms with Crippen molar-refractivity contribution in [3.05, 3.63) is 35.5 Å².